The van der Waals surface area contributed by atoms with Gasteiger partial charge in [0.15, 0.2) is 5.65 Å². The lowest BCUT2D eigenvalue weighted by Gasteiger charge is -2.09. The highest BCUT2D eigenvalue weighted by molar-refractivity contribution is 9.10. The Bertz CT molecular complexity index is 901. The number of hydrogen-bond donors (Lipinski definition) is 0. The van der Waals surface area contributed by atoms with Crippen LogP contribution in [0.3, 0.4) is 0 Å². The zero-order valence-electron chi connectivity index (χ0n) is 12.3. The average Bonchev–Trinajstić information content (AvgIpc) is 3.45. The first-order chi connectivity index (χ1) is 11.3. The zero-order valence-corrected chi connectivity index (χ0v) is 13.9. The van der Waals surface area contributed by atoms with Crippen molar-refractivity contribution < 1.29 is 4.74 Å². The lowest BCUT2D eigenvalue weighted by molar-refractivity contribution is 0.297. The summed E-state index contributed by atoms with van der Waals surface area (Å²) in [6.07, 6.45) is 10.3. The topological polar surface area (TPSA) is 65.2 Å². The SMILES string of the molecule is Brc1cncc(-c2cn3nc(C4CC4)c(OC4CC4)cc3n2)n1. The Labute approximate surface area is 141 Å². The standard InChI is InChI=1S/C16H14BrN5O/c17-14-7-18-6-11(19-14)12-8-22-15(20-12)5-13(23-10-3-4-10)16(21-22)9-1-2-9/h5-10H,1-4H2. The summed E-state index contributed by atoms with van der Waals surface area (Å²) < 4.78 is 8.56. The molecule has 0 saturated heterocycles. The van der Waals surface area contributed by atoms with Crippen molar-refractivity contribution in [3.63, 3.8) is 0 Å². The van der Waals surface area contributed by atoms with Gasteiger partial charge in [-0.25, -0.2) is 14.5 Å². The normalized spacial score (nSPS) is 17.6. The monoisotopic (exact) mass is 371 g/mol. The van der Waals surface area contributed by atoms with Crippen LogP contribution in [0.2, 0.25) is 0 Å². The molecular formula is C16H14BrN5O. The van der Waals surface area contributed by atoms with Gasteiger partial charge in [0, 0.05) is 12.0 Å². The molecule has 2 saturated carbocycles. The van der Waals surface area contributed by atoms with E-state index in [2.05, 4.69) is 30.9 Å². The highest BCUT2D eigenvalue weighted by atomic mass is 79.9. The predicted molar refractivity (Wildman–Crippen MR) is 87.3 cm³/mol. The molecule has 0 unspecified atom stereocenters. The largest absolute Gasteiger partial charge is 0.488 e. The maximum atomic E-state index is 6.05. The number of ether oxygens (including phenoxy) is 1. The van der Waals surface area contributed by atoms with E-state index in [1.165, 1.54) is 12.8 Å². The Hall–Kier alpha value is -2.02. The molecule has 5 rings (SSSR count). The van der Waals surface area contributed by atoms with Gasteiger partial charge >= 0.3 is 0 Å². The lowest BCUT2D eigenvalue weighted by atomic mass is 10.2. The van der Waals surface area contributed by atoms with Crippen molar-refractivity contribution in [2.24, 2.45) is 0 Å². The van der Waals surface area contributed by atoms with Gasteiger partial charge in [0.2, 0.25) is 0 Å². The molecule has 3 heterocycles. The number of halogens is 1. The fourth-order valence-electron chi connectivity index (χ4n) is 2.61. The maximum Gasteiger partial charge on any atom is 0.157 e. The molecule has 116 valence electrons. The minimum absolute atomic E-state index is 0.363. The molecule has 6 nitrogen and oxygen atoms in total. The number of rotatable bonds is 4. The van der Waals surface area contributed by atoms with Crippen molar-refractivity contribution in [2.75, 3.05) is 0 Å². The third-order valence-corrected chi connectivity index (χ3v) is 4.47. The minimum Gasteiger partial charge on any atom is -0.488 e. The van der Waals surface area contributed by atoms with E-state index >= 15 is 0 Å². The summed E-state index contributed by atoms with van der Waals surface area (Å²) in [5, 5.41) is 4.76. The van der Waals surface area contributed by atoms with E-state index in [1.54, 1.807) is 12.4 Å². The molecule has 2 aliphatic rings. The van der Waals surface area contributed by atoms with E-state index < -0.39 is 0 Å². The van der Waals surface area contributed by atoms with Crippen molar-refractivity contribution in [3.8, 4) is 17.1 Å². The van der Waals surface area contributed by atoms with Crippen LogP contribution in [0.4, 0.5) is 0 Å². The quantitative estimate of drug-likeness (QED) is 0.703. The summed E-state index contributed by atoms with van der Waals surface area (Å²) >= 11 is 3.34. The number of imidazole rings is 1. The smallest absolute Gasteiger partial charge is 0.157 e. The second-order valence-electron chi connectivity index (χ2n) is 6.14. The highest BCUT2D eigenvalue weighted by Crippen LogP contribution is 2.44. The Kier molecular flexibility index (Phi) is 2.91. The Morgan fingerprint density at radius 2 is 1.96 bits per heavy atom. The van der Waals surface area contributed by atoms with E-state index in [0.717, 1.165) is 41.3 Å². The summed E-state index contributed by atoms with van der Waals surface area (Å²) in [5.41, 5.74) is 3.33. The second kappa shape index (κ2) is 4.99. The van der Waals surface area contributed by atoms with Crippen LogP contribution in [0, 0.1) is 0 Å². The molecule has 23 heavy (non-hydrogen) atoms. The van der Waals surface area contributed by atoms with Gasteiger partial charge in [-0.05, 0) is 41.6 Å². The van der Waals surface area contributed by atoms with Gasteiger partial charge in [-0.3, -0.25) is 4.98 Å². The van der Waals surface area contributed by atoms with Crippen molar-refractivity contribution in [1.29, 1.82) is 0 Å². The van der Waals surface area contributed by atoms with Crippen molar-refractivity contribution in [2.45, 2.75) is 37.7 Å². The van der Waals surface area contributed by atoms with Crippen LogP contribution in [0.1, 0.15) is 37.3 Å². The molecule has 0 N–H and O–H groups in total. The average molecular weight is 372 g/mol. The van der Waals surface area contributed by atoms with Crippen molar-refractivity contribution in [3.05, 3.63) is 35.0 Å². The first kappa shape index (κ1) is 13.4. The van der Waals surface area contributed by atoms with Crippen molar-refractivity contribution in [1.82, 2.24) is 24.6 Å². The van der Waals surface area contributed by atoms with Gasteiger partial charge < -0.3 is 4.74 Å². The molecule has 0 bridgehead atoms. The summed E-state index contributed by atoms with van der Waals surface area (Å²) in [4.78, 5) is 13.2. The van der Waals surface area contributed by atoms with Gasteiger partial charge in [0.1, 0.15) is 27.4 Å². The fraction of sp³-hybridized carbons (Fsp3) is 0.375. The minimum atomic E-state index is 0.363. The molecule has 7 heteroatoms. The van der Waals surface area contributed by atoms with Gasteiger partial charge in [0.25, 0.3) is 0 Å². The van der Waals surface area contributed by atoms with Crippen LogP contribution in [0.25, 0.3) is 17.0 Å². The molecule has 0 atom stereocenters. The van der Waals surface area contributed by atoms with Crippen LogP contribution >= 0.6 is 15.9 Å². The van der Waals surface area contributed by atoms with E-state index in [-0.39, 0.29) is 0 Å². The molecule has 3 aromatic heterocycles. The third-order valence-electron chi connectivity index (χ3n) is 4.09. The number of fused-ring (bicyclic) bond motifs is 1. The fourth-order valence-corrected chi connectivity index (χ4v) is 2.92. The van der Waals surface area contributed by atoms with Crippen LogP contribution in [-0.4, -0.2) is 30.7 Å². The molecule has 0 aliphatic heterocycles. The summed E-state index contributed by atoms with van der Waals surface area (Å²) in [6.45, 7) is 0. The number of nitrogens with zero attached hydrogens (tertiary/aromatic N) is 5. The Morgan fingerprint density at radius 3 is 2.70 bits per heavy atom. The molecule has 0 spiro atoms. The molecule has 0 radical (unpaired) electrons. The molecule has 0 aromatic carbocycles. The lowest BCUT2D eigenvalue weighted by Crippen LogP contribution is -2.04. The van der Waals surface area contributed by atoms with Crippen LogP contribution in [-0.2, 0) is 0 Å². The predicted octanol–water partition coefficient (Wildman–Crippen LogP) is 3.37. The third kappa shape index (κ3) is 2.59. The van der Waals surface area contributed by atoms with E-state index in [1.807, 2.05) is 16.8 Å². The Balaban J connectivity index is 1.61. The van der Waals surface area contributed by atoms with Crippen molar-refractivity contribution >= 4 is 21.6 Å². The van der Waals surface area contributed by atoms with Gasteiger partial charge in [0.05, 0.1) is 24.7 Å². The van der Waals surface area contributed by atoms with Crippen LogP contribution in [0.15, 0.2) is 29.3 Å². The van der Waals surface area contributed by atoms with Crippen LogP contribution < -0.4 is 4.74 Å². The summed E-state index contributed by atoms with van der Waals surface area (Å²) in [6, 6.07) is 2.01. The molecule has 3 aromatic rings. The molecular weight excluding hydrogens is 358 g/mol. The van der Waals surface area contributed by atoms with Gasteiger partial charge in [-0.15, -0.1) is 0 Å². The molecule has 0 amide bonds. The summed E-state index contributed by atoms with van der Waals surface area (Å²) in [5.74, 6) is 1.43. The second-order valence-corrected chi connectivity index (χ2v) is 6.95. The molecule has 2 aliphatic carbocycles. The first-order valence-corrected chi connectivity index (χ1v) is 8.60. The Morgan fingerprint density at radius 1 is 1.09 bits per heavy atom. The van der Waals surface area contributed by atoms with E-state index in [4.69, 9.17) is 9.84 Å². The molecule has 2 fully saturated rings. The number of hydrogen-bond acceptors (Lipinski definition) is 5. The first-order valence-electron chi connectivity index (χ1n) is 7.81. The number of aromatic nitrogens is 5. The van der Waals surface area contributed by atoms with Gasteiger partial charge in [-0.2, -0.15) is 5.10 Å². The van der Waals surface area contributed by atoms with E-state index in [0.29, 0.717) is 16.6 Å². The van der Waals surface area contributed by atoms with Gasteiger partial charge in [-0.1, -0.05) is 0 Å². The van der Waals surface area contributed by atoms with Crippen LogP contribution in [0.5, 0.6) is 5.75 Å². The summed E-state index contributed by atoms with van der Waals surface area (Å²) in [7, 11) is 0. The van der Waals surface area contributed by atoms with E-state index in [9.17, 15) is 0 Å². The maximum absolute atomic E-state index is 6.05. The highest BCUT2D eigenvalue weighted by Gasteiger charge is 2.32. The zero-order chi connectivity index (χ0) is 15.4.